The van der Waals surface area contributed by atoms with Gasteiger partial charge in [-0.2, -0.15) is 0 Å². The van der Waals surface area contributed by atoms with Gasteiger partial charge in [0.1, 0.15) is 6.10 Å². The van der Waals surface area contributed by atoms with Crippen molar-refractivity contribution in [2.75, 3.05) is 0 Å². The molecule has 0 saturated heterocycles. The monoisotopic (exact) mass is 160 g/mol. The summed E-state index contributed by atoms with van der Waals surface area (Å²) in [6.45, 7) is 5.20. The summed E-state index contributed by atoms with van der Waals surface area (Å²) in [5.74, 6) is -0.210. The Bertz CT molecular complexity index is 121. The lowest BCUT2D eigenvalue weighted by Gasteiger charge is -2.13. The van der Waals surface area contributed by atoms with Crippen molar-refractivity contribution in [3.8, 4) is 0 Å². The number of esters is 1. The number of hydrogen-bond donors (Lipinski definition) is 1. The van der Waals surface area contributed by atoms with Gasteiger partial charge in [0.2, 0.25) is 0 Å². The van der Waals surface area contributed by atoms with Gasteiger partial charge in [0.15, 0.2) is 0 Å². The summed E-state index contributed by atoms with van der Waals surface area (Å²) in [6.07, 6.45) is 0.313. The van der Waals surface area contributed by atoms with Gasteiger partial charge in [0, 0.05) is 12.8 Å². The Kier molecular flexibility index (Phi) is 4.86. The topological polar surface area (TPSA) is 46.5 Å². The minimum atomic E-state index is -0.408. The number of carbonyl (C=O) groups excluding carboxylic acids is 1. The van der Waals surface area contributed by atoms with Crippen molar-refractivity contribution in [3.63, 3.8) is 0 Å². The summed E-state index contributed by atoms with van der Waals surface area (Å²) >= 11 is 0. The first-order chi connectivity index (χ1) is 5.06. The zero-order valence-electron chi connectivity index (χ0n) is 7.33. The third-order valence-electron chi connectivity index (χ3n) is 1.29. The third-order valence-corrected chi connectivity index (χ3v) is 1.29. The molecule has 0 aromatic rings. The van der Waals surface area contributed by atoms with Gasteiger partial charge in [-0.15, -0.1) is 0 Å². The highest BCUT2D eigenvalue weighted by Crippen LogP contribution is 2.02. The SMILES string of the molecule is CCC(=O)OC(C)CC(C)O. The number of carbonyl (C=O) groups is 1. The molecule has 3 nitrogen and oxygen atoms in total. The fourth-order valence-corrected chi connectivity index (χ4v) is 0.836. The number of rotatable bonds is 4. The smallest absolute Gasteiger partial charge is 0.305 e. The van der Waals surface area contributed by atoms with Crippen LogP contribution >= 0.6 is 0 Å². The minimum Gasteiger partial charge on any atom is -0.463 e. The first-order valence-corrected chi connectivity index (χ1v) is 3.93. The average Bonchev–Trinajstić information content (AvgIpc) is 1.85. The molecule has 0 bridgehead atoms. The standard InChI is InChI=1S/C8H16O3/c1-4-8(10)11-7(3)5-6(2)9/h6-7,9H,4-5H2,1-3H3. The van der Waals surface area contributed by atoms with Gasteiger partial charge in [-0.3, -0.25) is 4.79 Å². The van der Waals surface area contributed by atoms with Gasteiger partial charge in [0.25, 0.3) is 0 Å². The van der Waals surface area contributed by atoms with E-state index < -0.39 is 6.10 Å². The van der Waals surface area contributed by atoms with Crippen LogP contribution in [0.5, 0.6) is 0 Å². The second kappa shape index (κ2) is 5.13. The number of aliphatic hydroxyl groups is 1. The summed E-state index contributed by atoms with van der Waals surface area (Å²) in [5, 5.41) is 8.92. The van der Waals surface area contributed by atoms with Gasteiger partial charge in [-0.05, 0) is 13.8 Å². The number of hydrogen-bond acceptors (Lipinski definition) is 3. The van der Waals surface area contributed by atoms with E-state index in [-0.39, 0.29) is 12.1 Å². The van der Waals surface area contributed by atoms with Gasteiger partial charge in [0.05, 0.1) is 6.10 Å². The van der Waals surface area contributed by atoms with E-state index in [1.165, 1.54) is 0 Å². The first kappa shape index (κ1) is 10.4. The van der Waals surface area contributed by atoms with Crippen molar-refractivity contribution in [1.29, 1.82) is 0 Å². The molecule has 2 atom stereocenters. The molecule has 0 heterocycles. The van der Waals surface area contributed by atoms with E-state index >= 15 is 0 Å². The van der Waals surface area contributed by atoms with E-state index in [0.29, 0.717) is 12.8 Å². The molecule has 66 valence electrons. The first-order valence-electron chi connectivity index (χ1n) is 3.93. The maximum absolute atomic E-state index is 10.7. The maximum atomic E-state index is 10.7. The Morgan fingerprint density at radius 2 is 2.09 bits per heavy atom. The molecule has 1 N–H and O–H groups in total. The largest absolute Gasteiger partial charge is 0.463 e. The minimum absolute atomic E-state index is 0.178. The van der Waals surface area contributed by atoms with Crippen molar-refractivity contribution < 1.29 is 14.6 Å². The van der Waals surface area contributed by atoms with Crippen LogP contribution in [0.25, 0.3) is 0 Å². The molecule has 0 aliphatic carbocycles. The van der Waals surface area contributed by atoms with Crippen LogP contribution in [-0.4, -0.2) is 23.3 Å². The van der Waals surface area contributed by atoms with Crippen LogP contribution in [0.2, 0.25) is 0 Å². The summed E-state index contributed by atoms with van der Waals surface area (Å²) in [5.41, 5.74) is 0. The summed E-state index contributed by atoms with van der Waals surface area (Å²) in [6, 6.07) is 0. The van der Waals surface area contributed by atoms with Crippen LogP contribution in [0, 0.1) is 0 Å². The second-order valence-electron chi connectivity index (χ2n) is 2.74. The maximum Gasteiger partial charge on any atom is 0.305 e. The molecule has 0 radical (unpaired) electrons. The molecule has 3 heteroatoms. The molecule has 0 aliphatic heterocycles. The van der Waals surface area contributed by atoms with Crippen LogP contribution < -0.4 is 0 Å². The Morgan fingerprint density at radius 3 is 2.45 bits per heavy atom. The highest BCUT2D eigenvalue weighted by atomic mass is 16.5. The molecule has 0 aromatic carbocycles. The van der Waals surface area contributed by atoms with E-state index in [4.69, 9.17) is 9.84 Å². The fraction of sp³-hybridized carbons (Fsp3) is 0.875. The molecule has 0 rings (SSSR count). The molecule has 0 saturated carbocycles. The van der Waals surface area contributed by atoms with E-state index in [1.54, 1.807) is 20.8 Å². The van der Waals surface area contributed by atoms with Gasteiger partial charge >= 0.3 is 5.97 Å². The van der Waals surface area contributed by atoms with Crippen LogP contribution in [0.1, 0.15) is 33.6 Å². The molecule has 0 amide bonds. The Morgan fingerprint density at radius 1 is 1.55 bits per heavy atom. The highest BCUT2D eigenvalue weighted by molar-refractivity contribution is 5.69. The highest BCUT2D eigenvalue weighted by Gasteiger charge is 2.09. The normalized spacial score (nSPS) is 15.6. The van der Waals surface area contributed by atoms with Crippen LogP contribution in [0.4, 0.5) is 0 Å². The molecule has 11 heavy (non-hydrogen) atoms. The molecule has 0 aliphatic rings. The van der Waals surface area contributed by atoms with Crippen LogP contribution in [0.3, 0.4) is 0 Å². The molecular weight excluding hydrogens is 144 g/mol. The zero-order chi connectivity index (χ0) is 8.85. The molecular formula is C8H16O3. The van der Waals surface area contributed by atoms with Crippen molar-refractivity contribution in [3.05, 3.63) is 0 Å². The predicted molar refractivity (Wildman–Crippen MR) is 42.1 cm³/mol. The van der Waals surface area contributed by atoms with E-state index in [0.717, 1.165) is 0 Å². The average molecular weight is 160 g/mol. The lowest BCUT2D eigenvalue weighted by molar-refractivity contribution is -0.148. The Balaban J connectivity index is 3.51. The van der Waals surface area contributed by atoms with E-state index in [1.807, 2.05) is 0 Å². The Hall–Kier alpha value is -0.570. The fourth-order valence-electron chi connectivity index (χ4n) is 0.836. The van der Waals surface area contributed by atoms with Crippen molar-refractivity contribution >= 4 is 5.97 Å². The summed E-state index contributed by atoms with van der Waals surface area (Å²) in [4.78, 5) is 10.7. The number of aliphatic hydroxyl groups excluding tert-OH is 1. The lowest BCUT2D eigenvalue weighted by Crippen LogP contribution is -2.18. The second-order valence-corrected chi connectivity index (χ2v) is 2.74. The molecule has 0 aromatic heterocycles. The zero-order valence-corrected chi connectivity index (χ0v) is 7.33. The van der Waals surface area contributed by atoms with Gasteiger partial charge in [-0.25, -0.2) is 0 Å². The Labute approximate surface area is 67.4 Å². The van der Waals surface area contributed by atoms with Gasteiger partial charge in [-0.1, -0.05) is 6.92 Å². The summed E-state index contributed by atoms with van der Waals surface area (Å²) < 4.78 is 4.91. The molecule has 2 unspecified atom stereocenters. The number of ether oxygens (including phenoxy) is 1. The van der Waals surface area contributed by atoms with E-state index in [2.05, 4.69) is 0 Å². The van der Waals surface area contributed by atoms with Crippen molar-refractivity contribution in [2.24, 2.45) is 0 Å². The quantitative estimate of drug-likeness (QED) is 0.626. The van der Waals surface area contributed by atoms with E-state index in [9.17, 15) is 4.79 Å². The van der Waals surface area contributed by atoms with Crippen LogP contribution in [-0.2, 0) is 9.53 Å². The van der Waals surface area contributed by atoms with Crippen molar-refractivity contribution in [1.82, 2.24) is 0 Å². The third kappa shape index (κ3) is 5.85. The predicted octanol–water partition coefficient (Wildman–Crippen LogP) is 1.10. The van der Waals surface area contributed by atoms with Crippen molar-refractivity contribution in [2.45, 2.75) is 45.8 Å². The molecule has 0 spiro atoms. The van der Waals surface area contributed by atoms with Gasteiger partial charge < -0.3 is 9.84 Å². The van der Waals surface area contributed by atoms with Crippen LogP contribution in [0.15, 0.2) is 0 Å². The summed E-state index contributed by atoms with van der Waals surface area (Å²) in [7, 11) is 0. The molecule has 0 fully saturated rings. The lowest BCUT2D eigenvalue weighted by atomic mass is 10.2.